The van der Waals surface area contributed by atoms with Crippen LogP contribution < -0.4 is 4.74 Å². The molecule has 2 amide bonds. The highest BCUT2D eigenvalue weighted by atomic mass is 16.5. The second-order valence-electron chi connectivity index (χ2n) is 9.28. The molecule has 33 heavy (non-hydrogen) atoms. The van der Waals surface area contributed by atoms with Crippen LogP contribution in [0.5, 0.6) is 5.75 Å². The number of rotatable bonds is 3. The molecule has 1 aliphatic heterocycles. The van der Waals surface area contributed by atoms with Gasteiger partial charge in [-0.1, -0.05) is 31.4 Å². The van der Waals surface area contributed by atoms with E-state index < -0.39 is 0 Å². The molecule has 1 fully saturated rings. The predicted molar refractivity (Wildman–Crippen MR) is 127 cm³/mol. The van der Waals surface area contributed by atoms with E-state index in [4.69, 9.17) is 4.74 Å². The highest BCUT2D eigenvalue weighted by Gasteiger charge is 2.35. The van der Waals surface area contributed by atoms with Gasteiger partial charge in [0.15, 0.2) is 0 Å². The maximum absolute atomic E-state index is 13.4. The van der Waals surface area contributed by atoms with Crippen molar-refractivity contribution in [3.63, 3.8) is 0 Å². The second-order valence-corrected chi connectivity index (χ2v) is 9.28. The molecule has 7 heteroatoms. The molecule has 2 aliphatic rings. The first-order valence-corrected chi connectivity index (χ1v) is 12.4. The zero-order valence-corrected chi connectivity index (χ0v) is 19.7. The number of carbonyl (C=O) groups is 2. The fourth-order valence-corrected chi connectivity index (χ4v) is 5.04. The summed E-state index contributed by atoms with van der Waals surface area (Å²) >= 11 is 0. The number of imidazole rings is 1. The second kappa shape index (κ2) is 11.3. The molecule has 178 valence electrons. The first kappa shape index (κ1) is 23.3. The van der Waals surface area contributed by atoms with Gasteiger partial charge in [0.05, 0.1) is 17.9 Å². The summed E-state index contributed by atoms with van der Waals surface area (Å²) in [6, 6.07) is 7.59. The van der Waals surface area contributed by atoms with Crippen molar-refractivity contribution >= 4 is 11.8 Å². The van der Waals surface area contributed by atoms with Crippen molar-refractivity contribution in [2.75, 3.05) is 20.1 Å². The number of aryl methyl sites for hydroxylation is 1. The van der Waals surface area contributed by atoms with E-state index >= 15 is 0 Å². The summed E-state index contributed by atoms with van der Waals surface area (Å²) in [5.41, 5.74) is 0.611. The van der Waals surface area contributed by atoms with Gasteiger partial charge in [-0.3, -0.25) is 9.59 Å². The molecular formula is C26H36N4O3. The van der Waals surface area contributed by atoms with Crippen LogP contribution in [0.25, 0.3) is 0 Å². The van der Waals surface area contributed by atoms with Gasteiger partial charge >= 0.3 is 0 Å². The Morgan fingerprint density at radius 1 is 1.06 bits per heavy atom. The van der Waals surface area contributed by atoms with E-state index in [2.05, 4.69) is 9.88 Å². The summed E-state index contributed by atoms with van der Waals surface area (Å²) in [6.07, 6.45) is 13.8. The lowest BCUT2D eigenvalue weighted by Crippen LogP contribution is -2.51. The van der Waals surface area contributed by atoms with Crippen molar-refractivity contribution in [2.45, 2.75) is 76.5 Å². The van der Waals surface area contributed by atoms with Crippen molar-refractivity contribution in [3.8, 4) is 5.75 Å². The largest absolute Gasteiger partial charge is 0.487 e. The van der Waals surface area contributed by atoms with Crippen LogP contribution >= 0.6 is 0 Å². The minimum Gasteiger partial charge on any atom is -0.487 e. The molecule has 2 atom stereocenters. The van der Waals surface area contributed by atoms with Crippen LogP contribution in [0.15, 0.2) is 43.0 Å². The first-order valence-electron chi connectivity index (χ1n) is 12.4. The normalized spacial score (nSPS) is 22.6. The fourth-order valence-electron chi connectivity index (χ4n) is 5.04. The first-order chi connectivity index (χ1) is 16.1. The molecule has 0 bridgehead atoms. The zero-order chi connectivity index (χ0) is 23.0. The number of ether oxygens (including phenoxy) is 1. The monoisotopic (exact) mass is 452 g/mol. The minimum absolute atomic E-state index is 0.00304. The Balaban J connectivity index is 1.58. The molecule has 7 nitrogen and oxygen atoms in total. The molecule has 1 aromatic heterocycles. The number of para-hydroxylation sites is 1. The molecule has 0 saturated heterocycles. The van der Waals surface area contributed by atoms with Crippen LogP contribution in [-0.2, 0) is 11.3 Å². The van der Waals surface area contributed by atoms with Gasteiger partial charge in [0.2, 0.25) is 5.91 Å². The van der Waals surface area contributed by atoms with Gasteiger partial charge in [0.1, 0.15) is 11.9 Å². The Morgan fingerprint density at radius 2 is 1.85 bits per heavy atom. The highest BCUT2D eigenvalue weighted by Crippen LogP contribution is 2.30. The predicted octanol–water partition coefficient (Wildman–Crippen LogP) is 4.14. The SMILES string of the molecule is CN1CCCCCCN(C(=O)CCn2ccnc2)[C@@H]2CCCC[C@@H]2Oc2ccccc2C1=O. The molecule has 2 heterocycles. The lowest BCUT2D eigenvalue weighted by atomic mass is 9.90. The van der Waals surface area contributed by atoms with Crippen molar-refractivity contribution in [1.82, 2.24) is 19.4 Å². The lowest BCUT2D eigenvalue weighted by Gasteiger charge is -2.40. The average molecular weight is 453 g/mol. The molecule has 1 aromatic carbocycles. The Labute approximate surface area is 196 Å². The third-order valence-corrected chi connectivity index (χ3v) is 6.92. The smallest absolute Gasteiger partial charge is 0.257 e. The number of hydrogen-bond acceptors (Lipinski definition) is 4. The van der Waals surface area contributed by atoms with Crippen LogP contribution in [0.1, 0.15) is 68.1 Å². The lowest BCUT2D eigenvalue weighted by molar-refractivity contribution is -0.137. The van der Waals surface area contributed by atoms with Crippen LogP contribution in [0.4, 0.5) is 0 Å². The molecule has 0 unspecified atom stereocenters. The molecule has 1 saturated carbocycles. The van der Waals surface area contributed by atoms with Crippen molar-refractivity contribution in [2.24, 2.45) is 0 Å². The van der Waals surface area contributed by atoms with E-state index in [1.165, 1.54) is 0 Å². The van der Waals surface area contributed by atoms with Crippen molar-refractivity contribution in [3.05, 3.63) is 48.5 Å². The van der Waals surface area contributed by atoms with Crippen LogP contribution in [0.3, 0.4) is 0 Å². The quantitative estimate of drug-likeness (QED) is 0.702. The molecule has 4 rings (SSSR count). The molecule has 2 aromatic rings. The molecule has 1 aliphatic carbocycles. The third kappa shape index (κ3) is 5.95. The fraction of sp³-hybridized carbons (Fsp3) is 0.577. The van der Waals surface area contributed by atoms with Gasteiger partial charge in [-0.25, -0.2) is 4.98 Å². The van der Waals surface area contributed by atoms with Gasteiger partial charge < -0.3 is 19.1 Å². The molecular weight excluding hydrogens is 416 g/mol. The maximum atomic E-state index is 13.4. The van der Waals surface area contributed by atoms with Crippen LogP contribution in [-0.4, -0.2) is 63.4 Å². The summed E-state index contributed by atoms with van der Waals surface area (Å²) in [5, 5.41) is 0. The summed E-state index contributed by atoms with van der Waals surface area (Å²) < 4.78 is 8.49. The van der Waals surface area contributed by atoms with Gasteiger partial charge in [-0.15, -0.1) is 0 Å². The number of nitrogens with zero attached hydrogens (tertiary/aromatic N) is 4. The zero-order valence-electron chi connectivity index (χ0n) is 19.7. The van der Waals surface area contributed by atoms with Crippen LogP contribution in [0, 0.1) is 0 Å². The summed E-state index contributed by atoms with van der Waals surface area (Å²) in [4.78, 5) is 34.5. The van der Waals surface area contributed by atoms with E-state index in [1.54, 1.807) is 17.4 Å². The van der Waals surface area contributed by atoms with E-state index in [9.17, 15) is 9.59 Å². The van der Waals surface area contributed by atoms with Crippen molar-refractivity contribution < 1.29 is 14.3 Å². The Kier molecular flexibility index (Phi) is 8.02. The number of amides is 2. The van der Waals surface area contributed by atoms with Gasteiger partial charge in [-0.2, -0.15) is 0 Å². The van der Waals surface area contributed by atoms with Crippen LogP contribution in [0.2, 0.25) is 0 Å². The number of fused-ring (bicyclic) bond motifs is 2. The Hall–Kier alpha value is -2.83. The third-order valence-electron chi connectivity index (χ3n) is 6.92. The summed E-state index contributed by atoms with van der Waals surface area (Å²) in [7, 11) is 1.87. The number of hydrogen-bond donors (Lipinski definition) is 0. The van der Waals surface area contributed by atoms with Gasteiger partial charge in [0.25, 0.3) is 5.91 Å². The van der Waals surface area contributed by atoms with Gasteiger partial charge in [-0.05, 0) is 44.2 Å². The topological polar surface area (TPSA) is 67.7 Å². The minimum atomic E-state index is -0.0989. The highest BCUT2D eigenvalue weighted by molar-refractivity contribution is 5.96. The molecule has 0 spiro atoms. The van der Waals surface area contributed by atoms with Crippen molar-refractivity contribution in [1.29, 1.82) is 0 Å². The number of aromatic nitrogens is 2. The summed E-state index contributed by atoms with van der Waals surface area (Å²) in [6.45, 7) is 2.13. The standard InChI is InChI=1S/C26H36N4O3/c1-28-16-8-2-3-9-17-30(25(31)14-18-29-19-15-27-20-29)22-11-5-7-13-24(22)33-23-12-6-4-10-21(23)26(28)32/h4,6,10,12,15,19-20,22,24H,2-3,5,7-9,11,13-14,16-18H2,1H3/t22-,24+/m1/s1. The Bertz CT molecular complexity index is 914. The van der Waals surface area contributed by atoms with E-state index in [0.717, 1.165) is 64.5 Å². The summed E-state index contributed by atoms with van der Waals surface area (Å²) in [5.74, 6) is 0.817. The van der Waals surface area contributed by atoms with E-state index in [-0.39, 0.29) is 24.0 Å². The Morgan fingerprint density at radius 3 is 2.67 bits per heavy atom. The maximum Gasteiger partial charge on any atom is 0.257 e. The molecule has 0 N–H and O–H groups in total. The number of benzene rings is 1. The number of carbonyl (C=O) groups excluding carboxylic acids is 2. The molecule has 0 radical (unpaired) electrons. The van der Waals surface area contributed by atoms with E-state index in [0.29, 0.717) is 24.3 Å². The average Bonchev–Trinajstić information content (AvgIpc) is 3.36. The van der Waals surface area contributed by atoms with Gasteiger partial charge in [0, 0.05) is 45.5 Å². The van der Waals surface area contributed by atoms with E-state index in [1.807, 2.05) is 42.1 Å².